The van der Waals surface area contributed by atoms with Crippen molar-refractivity contribution in [2.45, 2.75) is 30.9 Å². The fraction of sp³-hybridized carbons (Fsp3) is 0.700. The second-order valence-electron chi connectivity index (χ2n) is 3.85. The van der Waals surface area contributed by atoms with E-state index in [1.807, 2.05) is 5.43 Å². The molecular formula is C10H17N4O5S-. The van der Waals surface area contributed by atoms with Crippen LogP contribution in [0.15, 0.2) is 4.99 Å². The predicted molar refractivity (Wildman–Crippen MR) is 72.8 cm³/mol. The normalized spacial score (nSPS) is 12.2. The van der Waals surface area contributed by atoms with Crippen molar-refractivity contribution < 1.29 is 19.6 Å². The summed E-state index contributed by atoms with van der Waals surface area (Å²) in [6, 6.07) is -0.689. The highest BCUT2D eigenvalue weighted by molar-refractivity contribution is 8.00. The first kappa shape index (κ1) is 18.3. The number of carbonyl (C=O) groups excluding carboxylic acids is 2. The van der Waals surface area contributed by atoms with Crippen molar-refractivity contribution in [1.82, 2.24) is 5.43 Å². The van der Waals surface area contributed by atoms with E-state index >= 15 is 0 Å². The van der Waals surface area contributed by atoms with Gasteiger partial charge in [-0.05, 0) is 19.3 Å². The van der Waals surface area contributed by atoms with Crippen LogP contribution in [-0.4, -0.2) is 40.7 Å². The number of nitro groups is 1. The minimum absolute atomic E-state index is 0.0476. The minimum Gasteiger partial charge on any atom is -0.550 e. The molecule has 9 nitrogen and oxygen atoms in total. The Labute approximate surface area is 120 Å². The molecule has 0 aliphatic heterocycles. The molecule has 2 amide bonds. The number of urea groups is 1. The van der Waals surface area contributed by atoms with E-state index in [1.165, 1.54) is 18.0 Å². The number of hydrazine groups is 1. The lowest BCUT2D eigenvalue weighted by Gasteiger charge is -2.11. The Bertz CT molecular complexity index is 364. The highest BCUT2D eigenvalue weighted by atomic mass is 32.2. The first-order valence-electron chi connectivity index (χ1n) is 5.92. The van der Waals surface area contributed by atoms with Crippen LogP contribution in [0.5, 0.6) is 0 Å². The lowest BCUT2D eigenvalue weighted by Crippen LogP contribution is -2.27. The van der Waals surface area contributed by atoms with Gasteiger partial charge in [-0.1, -0.05) is 6.42 Å². The third kappa shape index (κ3) is 11.4. The standard InChI is InChI=1S/C10H18N4O5S/c11-13-10(17)12-5-6-20-8(7-14(18)19)3-1-2-4-9(15)16/h5,8H,1-4,6-7,11H2,(H,13,17)(H,15,16)/p-1/t8-/m1/s1. The number of hydrogen-bond donors (Lipinski definition) is 2. The highest BCUT2D eigenvalue weighted by Gasteiger charge is 2.15. The molecule has 10 heteroatoms. The van der Waals surface area contributed by atoms with Crippen LogP contribution < -0.4 is 16.4 Å². The van der Waals surface area contributed by atoms with Gasteiger partial charge in [-0.25, -0.2) is 15.6 Å². The number of carbonyl (C=O) groups is 2. The van der Waals surface area contributed by atoms with Gasteiger partial charge in [-0.15, -0.1) is 11.8 Å². The first-order valence-corrected chi connectivity index (χ1v) is 6.97. The number of nitrogens with two attached hydrogens (primary N) is 1. The van der Waals surface area contributed by atoms with Crippen molar-refractivity contribution in [1.29, 1.82) is 0 Å². The summed E-state index contributed by atoms with van der Waals surface area (Å²) in [6.45, 7) is -0.215. The average Bonchev–Trinajstić information content (AvgIpc) is 2.37. The van der Waals surface area contributed by atoms with Gasteiger partial charge in [-0.2, -0.15) is 0 Å². The summed E-state index contributed by atoms with van der Waals surface area (Å²) in [5.74, 6) is 4.04. The zero-order chi connectivity index (χ0) is 15.4. The van der Waals surface area contributed by atoms with Gasteiger partial charge in [-0.3, -0.25) is 15.5 Å². The molecule has 0 radical (unpaired) electrons. The van der Waals surface area contributed by atoms with Crippen LogP contribution in [0, 0.1) is 10.1 Å². The second-order valence-corrected chi connectivity index (χ2v) is 5.18. The van der Waals surface area contributed by atoms with Gasteiger partial charge in [0.15, 0.2) is 0 Å². The average molecular weight is 305 g/mol. The molecule has 0 fully saturated rings. The number of aliphatic imine (C=N–C) groups is 1. The molecule has 0 unspecified atom stereocenters. The molecular weight excluding hydrogens is 288 g/mol. The maximum atomic E-state index is 10.7. The molecule has 0 bridgehead atoms. The van der Waals surface area contributed by atoms with E-state index in [2.05, 4.69) is 4.99 Å². The summed E-state index contributed by atoms with van der Waals surface area (Å²) in [7, 11) is 0. The van der Waals surface area contributed by atoms with Crippen molar-refractivity contribution in [3.05, 3.63) is 10.1 Å². The number of thioether (sulfide) groups is 1. The van der Waals surface area contributed by atoms with E-state index < -0.39 is 16.9 Å². The molecule has 0 saturated heterocycles. The van der Waals surface area contributed by atoms with Crippen molar-refractivity contribution in [2.75, 3.05) is 12.3 Å². The van der Waals surface area contributed by atoms with E-state index in [0.29, 0.717) is 25.0 Å². The molecule has 3 N–H and O–H groups in total. The third-order valence-corrected chi connectivity index (χ3v) is 3.45. The number of unbranched alkanes of at least 4 members (excludes halogenated alkanes) is 1. The van der Waals surface area contributed by atoms with Crippen LogP contribution in [0.3, 0.4) is 0 Å². The maximum Gasteiger partial charge on any atom is 0.354 e. The fourth-order valence-corrected chi connectivity index (χ4v) is 2.36. The Morgan fingerprint density at radius 2 is 2.15 bits per heavy atom. The lowest BCUT2D eigenvalue weighted by atomic mass is 10.1. The molecule has 20 heavy (non-hydrogen) atoms. The van der Waals surface area contributed by atoms with Crippen molar-refractivity contribution >= 4 is 30.0 Å². The largest absolute Gasteiger partial charge is 0.550 e. The number of carboxylic acid groups (broad SMARTS) is 1. The number of carboxylic acids is 1. The summed E-state index contributed by atoms with van der Waals surface area (Å²) in [4.78, 5) is 34.5. The van der Waals surface area contributed by atoms with Crippen LogP contribution in [0.2, 0.25) is 0 Å². The SMILES string of the molecule is NNC(=O)N=CCS[C@H](CCCCC(=O)[O-])C[N+](=O)[O-]. The Kier molecular flexibility index (Phi) is 10.2. The van der Waals surface area contributed by atoms with Crippen LogP contribution in [-0.2, 0) is 4.79 Å². The number of amides is 2. The monoisotopic (exact) mass is 305 g/mol. The number of hydrogen-bond acceptors (Lipinski definition) is 7. The van der Waals surface area contributed by atoms with E-state index in [4.69, 9.17) is 5.84 Å². The zero-order valence-corrected chi connectivity index (χ0v) is 11.6. The van der Waals surface area contributed by atoms with E-state index in [0.717, 1.165) is 0 Å². The van der Waals surface area contributed by atoms with Gasteiger partial charge in [0.2, 0.25) is 6.54 Å². The molecule has 114 valence electrons. The van der Waals surface area contributed by atoms with Crippen molar-refractivity contribution in [3.63, 3.8) is 0 Å². The summed E-state index contributed by atoms with van der Waals surface area (Å²) in [5.41, 5.74) is 1.82. The fourth-order valence-electron chi connectivity index (χ4n) is 1.37. The van der Waals surface area contributed by atoms with Crippen molar-refractivity contribution in [3.8, 4) is 0 Å². The van der Waals surface area contributed by atoms with Gasteiger partial charge in [0.1, 0.15) is 0 Å². The highest BCUT2D eigenvalue weighted by Crippen LogP contribution is 2.17. The van der Waals surface area contributed by atoms with Crippen LogP contribution >= 0.6 is 11.8 Å². The van der Waals surface area contributed by atoms with E-state index in [1.54, 1.807) is 0 Å². The number of rotatable bonds is 10. The lowest BCUT2D eigenvalue weighted by molar-refractivity contribution is -0.479. The summed E-state index contributed by atoms with van der Waals surface area (Å²) >= 11 is 1.29. The Morgan fingerprint density at radius 1 is 1.45 bits per heavy atom. The first-order chi connectivity index (χ1) is 9.45. The minimum atomic E-state index is -1.12. The summed E-state index contributed by atoms with van der Waals surface area (Å²) < 4.78 is 0. The van der Waals surface area contributed by atoms with Crippen molar-refractivity contribution in [2.24, 2.45) is 10.8 Å². The number of aliphatic carboxylic acids is 1. The predicted octanol–water partition coefficient (Wildman–Crippen LogP) is -0.671. The van der Waals surface area contributed by atoms with Gasteiger partial charge in [0.25, 0.3) is 0 Å². The van der Waals surface area contributed by atoms with E-state index in [-0.39, 0.29) is 18.2 Å². The smallest absolute Gasteiger partial charge is 0.354 e. The summed E-state index contributed by atoms with van der Waals surface area (Å²) in [6.07, 6.45) is 2.80. The van der Waals surface area contributed by atoms with Crippen LogP contribution in [0.1, 0.15) is 25.7 Å². The molecule has 0 heterocycles. The summed E-state index contributed by atoms with van der Waals surface area (Å²) in [5, 5.41) is 20.5. The molecule has 0 rings (SSSR count). The topological polar surface area (TPSA) is 151 Å². The van der Waals surface area contributed by atoms with Gasteiger partial charge < -0.3 is 9.90 Å². The van der Waals surface area contributed by atoms with E-state index in [9.17, 15) is 24.8 Å². The molecule has 0 aliphatic rings. The molecule has 0 saturated carbocycles. The molecule has 0 aliphatic carbocycles. The quantitative estimate of drug-likeness (QED) is 0.136. The number of nitrogens with one attached hydrogen (secondary N) is 1. The Morgan fingerprint density at radius 3 is 2.70 bits per heavy atom. The Hall–Kier alpha value is -1.68. The Balaban J connectivity index is 4.01. The van der Waals surface area contributed by atoms with Gasteiger partial charge in [0, 0.05) is 22.9 Å². The van der Waals surface area contributed by atoms with Gasteiger partial charge in [0.05, 0.1) is 5.25 Å². The third-order valence-electron chi connectivity index (χ3n) is 2.25. The molecule has 0 aromatic rings. The second kappa shape index (κ2) is 11.2. The molecule has 0 spiro atoms. The molecule has 0 aromatic heterocycles. The number of nitrogens with zero attached hydrogens (tertiary/aromatic N) is 2. The molecule has 0 aromatic carbocycles. The van der Waals surface area contributed by atoms with Gasteiger partial charge >= 0.3 is 6.03 Å². The zero-order valence-electron chi connectivity index (χ0n) is 10.8. The molecule has 1 atom stereocenters. The van der Waals surface area contributed by atoms with Crippen LogP contribution in [0.4, 0.5) is 4.79 Å². The maximum absolute atomic E-state index is 10.7. The van der Waals surface area contributed by atoms with Crippen LogP contribution in [0.25, 0.3) is 0 Å².